The second kappa shape index (κ2) is 4.14. The standard InChI is InChI=1S/C11H11N5S/c1-2-13-10-15-16-7-9(14-11(16)17-10)8-4-3-5-12-6-8/h3-7H,2H2,1H3,(H,13,15). The summed E-state index contributed by atoms with van der Waals surface area (Å²) in [5.74, 6) is 0. The van der Waals surface area contributed by atoms with Gasteiger partial charge in [-0.05, 0) is 19.1 Å². The molecule has 3 rings (SSSR count). The number of imidazole rings is 1. The van der Waals surface area contributed by atoms with E-state index in [4.69, 9.17) is 0 Å². The van der Waals surface area contributed by atoms with E-state index in [9.17, 15) is 0 Å². The van der Waals surface area contributed by atoms with E-state index in [1.807, 2.05) is 25.3 Å². The SMILES string of the molecule is CCNc1nn2cc(-c3cccnc3)nc2s1. The molecule has 0 spiro atoms. The quantitative estimate of drug-likeness (QED) is 0.769. The Morgan fingerprint density at radius 3 is 3.12 bits per heavy atom. The minimum Gasteiger partial charge on any atom is -0.360 e. The third kappa shape index (κ3) is 1.87. The number of nitrogens with zero attached hydrogens (tertiary/aromatic N) is 4. The van der Waals surface area contributed by atoms with E-state index in [1.165, 1.54) is 0 Å². The van der Waals surface area contributed by atoms with Crippen molar-refractivity contribution in [2.45, 2.75) is 6.92 Å². The van der Waals surface area contributed by atoms with Gasteiger partial charge in [0.15, 0.2) is 0 Å². The van der Waals surface area contributed by atoms with Crippen molar-refractivity contribution >= 4 is 21.4 Å². The molecule has 0 bridgehead atoms. The van der Waals surface area contributed by atoms with Crippen molar-refractivity contribution in [2.24, 2.45) is 0 Å². The fraction of sp³-hybridized carbons (Fsp3) is 0.182. The number of anilines is 1. The van der Waals surface area contributed by atoms with Crippen molar-refractivity contribution in [3.8, 4) is 11.3 Å². The number of pyridine rings is 1. The Morgan fingerprint density at radius 2 is 2.41 bits per heavy atom. The highest BCUT2D eigenvalue weighted by molar-refractivity contribution is 7.20. The summed E-state index contributed by atoms with van der Waals surface area (Å²) in [6.07, 6.45) is 5.48. The van der Waals surface area contributed by atoms with E-state index in [0.717, 1.165) is 27.9 Å². The highest BCUT2D eigenvalue weighted by atomic mass is 32.1. The van der Waals surface area contributed by atoms with Crippen LogP contribution in [0.2, 0.25) is 0 Å². The molecule has 0 saturated heterocycles. The minimum absolute atomic E-state index is 0.867. The van der Waals surface area contributed by atoms with E-state index in [2.05, 4.69) is 20.4 Å². The Bertz CT molecular complexity index is 596. The van der Waals surface area contributed by atoms with E-state index >= 15 is 0 Å². The summed E-state index contributed by atoms with van der Waals surface area (Å²) in [7, 11) is 0. The van der Waals surface area contributed by atoms with E-state index in [-0.39, 0.29) is 0 Å². The summed E-state index contributed by atoms with van der Waals surface area (Å²) in [5, 5.41) is 8.46. The first kappa shape index (κ1) is 10.2. The van der Waals surface area contributed by atoms with Crippen molar-refractivity contribution in [3.63, 3.8) is 0 Å². The number of rotatable bonds is 3. The molecule has 0 unspecified atom stereocenters. The summed E-state index contributed by atoms with van der Waals surface area (Å²) in [6, 6.07) is 3.89. The molecule has 0 aliphatic carbocycles. The first-order valence-corrected chi connectivity index (χ1v) is 6.19. The van der Waals surface area contributed by atoms with Gasteiger partial charge in [-0.1, -0.05) is 11.3 Å². The van der Waals surface area contributed by atoms with Gasteiger partial charge in [-0.3, -0.25) is 4.98 Å². The Hall–Kier alpha value is -1.95. The molecule has 5 nitrogen and oxygen atoms in total. The summed E-state index contributed by atoms with van der Waals surface area (Å²) in [4.78, 5) is 9.50. The van der Waals surface area contributed by atoms with Crippen LogP contribution in [-0.2, 0) is 0 Å². The lowest BCUT2D eigenvalue weighted by atomic mass is 10.2. The first-order valence-electron chi connectivity index (χ1n) is 5.37. The number of aromatic nitrogens is 4. The van der Waals surface area contributed by atoms with Gasteiger partial charge in [0, 0.05) is 24.5 Å². The van der Waals surface area contributed by atoms with Crippen LogP contribution in [0.1, 0.15) is 6.92 Å². The zero-order valence-electron chi connectivity index (χ0n) is 9.29. The van der Waals surface area contributed by atoms with E-state index in [0.29, 0.717) is 0 Å². The molecule has 1 N–H and O–H groups in total. The van der Waals surface area contributed by atoms with Gasteiger partial charge < -0.3 is 5.32 Å². The summed E-state index contributed by atoms with van der Waals surface area (Å²) < 4.78 is 1.80. The Morgan fingerprint density at radius 1 is 1.47 bits per heavy atom. The molecule has 3 heterocycles. The third-order valence-corrected chi connectivity index (χ3v) is 3.21. The Labute approximate surface area is 102 Å². The lowest BCUT2D eigenvalue weighted by molar-refractivity contribution is 0.967. The molecular weight excluding hydrogens is 234 g/mol. The van der Waals surface area contributed by atoms with Crippen molar-refractivity contribution in [2.75, 3.05) is 11.9 Å². The molecule has 0 saturated carbocycles. The molecule has 0 atom stereocenters. The van der Waals surface area contributed by atoms with Gasteiger partial charge in [0.1, 0.15) is 0 Å². The van der Waals surface area contributed by atoms with Crippen LogP contribution in [0.4, 0.5) is 5.13 Å². The molecule has 0 aromatic carbocycles. The molecule has 6 heteroatoms. The minimum atomic E-state index is 0.867. The van der Waals surface area contributed by atoms with Gasteiger partial charge >= 0.3 is 0 Å². The average Bonchev–Trinajstić information content (AvgIpc) is 2.88. The van der Waals surface area contributed by atoms with Crippen LogP contribution in [-0.4, -0.2) is 26.1 Å². The summed E-state index contributed by atoms with van der Waals surface area (Å²) in [6.45, 7) is 2.91. The number of nitrogens with one attached hydrogen (secondary N) is 1. The lowest BCUT2D eigenvalue weighted by Crippen LogP contribution is -1.96. The largest absolute Gasteiger partial charge is 0.360 e. The van der Waals surface area contributed by atoms with Gasteiger partial charge in [-0.25, -0.2) is 9.50 Å². The fourth-order valence-electron chi connectivity index (χ4n) is 1.58. The highest BCUT2D eigenvalue weighted by Crippen LogP contribution is 2.23. The predicted octanol–water partition coefficient (Wildman–Crippen LogP) is 2.28. The zero-order chi connectivity index (χ0) is 11.7. The second-order valence-corrected chi connectivity index (χ2v) is 4.49. The molecule has 3 aromatic heterocycles. The zero-order valence-corrected chi connectivity index (χ0v) is 10.1. The molecule has 0 amide bonds. The van der Waals surface area contributed by atoms with Crippen molar-refractivity contribution in [3.05, 3.63) is 30.7 Å². The topological polar surface area (TPSA) is 55.1 Å². The maximum absolute atomic E-state index is 4.52. The van der Waals surface area contributed by atoms with Crippen LogP contribution < -0.4 is 5.32 Å². The number of hydrogen-bond donors (Lipinski definition) is 1. The van der Waals surface area contributed by atoms with Crippen LogP contribution >= 0.6 is 11.3 Å². The maximum Gasteiger partial charge on any atom is 0.214 e. The number of fused-ring (bicyclic) bond motifs is 1. The highest BCUT2D eigenvalue weighted by Gasteiger charge is 2.08. The van der Waals surface area contributed by atoms with Gasteiger partial charge in [0.05, 0.1) is 11.9 Å². The van der Waals surface area contributed by atoms with E-state index < -0.39 is 0 Å². The molecule has 17 heavy (non-hydrogen) atoms. The van der Waals surface area contributed by atoms with Crippen LogP contribution in [0.5, 0.6) is 0 Å². The van der Waals surface area contributed by atoms with Gasteiger partial charge in [-0.2, -0.15) is 0 Å². The van der Waals surface area contributed by atoms with Crippen molar-refractivity contribution < 1.29 is 0 Å². The fourth-order valence-corrected chi connectivity index (χ4v) is 2.43. The van der Waals surface area contributed by atoms with Crippen LogP contribution in [0.25, 0.3) is 16.2 Å². The molecule has 0 aliphatic heterocycles. The van der Waals surface area contributed by atoms with E-state index in [1.54, 1.807) is 28.2 Å². The van der Waals surface area contributed by atoms with Crippen molar-refractivity contribution in [1.29, 1.82) is 0 Å². The second-order valence-electron chi connectivity index (χ2n) is 3.53. The third-order valence-electron chi connectivity index (χ3n) is 2.33. The molecule has 3 aromatic rings. The molecule has 0 radical (unpaired) electrons. The summed E-state index contributed by atoms with van der Waals surface area (Å²) >= 11 is 1.55. The molecular formula is C11H11N5S. The number of hydrogen-bond acceptors (Lipinski definition) is 5. The average molecular weight is 245 g/mol. The van der Waals surface area contributed by atoms with Crippen molar-refractivity contribution in [1.82, 2.24) is 19.6 Å². The van der Waals surface area contributed by atoms with Crippen LogP contribution in [0.15, 0.2) is 30.7 Å². The van der Waals surface area contributed by atoms with Crippen LogP contribution in [0.3, 0.4) is 0 Å². The Kier molecular flexibility index (Phi) is 2.49. The van der Waals surface area contributed by atoms with Gasteiger partial charge in [-0.15, -0.1) is 5.10 Å². The maximum atomic E-state index is 4.52. The monoisotopic (exact) mass is 245 g/mol. The summed E-state index contributed by atoms with van der Waals surface area (Å²) in [5.41, 5.74) is 1.91. The lowest BCUT2D eigenvalue weighted by Gasteiger charge is -1.94. The molecule has 0 fully saturated rings. The molecule has 0 aliphatic rings. The van der Waals surface area contributed by atoms with Crippen LogP contribution in [0, 0.1) is 0 Å². The van der Waals surface area contributed by atoms with Gasteiger partial charge in [0.25, 0.3) is 0 Å². The Balaban J connectivity index is 2.01. The molecule has 86 valence electrons. The predicted molar refractivity (Wildman–Crippen MR) is 68.3 cm³/mol. The smallest absolute Gasteiger partial charge is 0.214 e. The normalized spacial score (nSPS) is 10.9. The van der Waals surface area contributed by atoms with Gasteiger partial charge in [0.2, 0.25) is 10.1 Å². The first-order chi connectivity index (χ1) is 8.36.